The number of nitrogens with one attached hydrogen (secondary N) is 1. The number of fused-ring (bicyclic) bond motifs is 1. The van der Waals surface area contributed by atoms with Crippen LogP contribution in [0.4, 0.5) is 0 Å². The van der Waals surface area contributed by atoms with Gasteiger partial charge < -0.3 is 14.5 Å². The molecule has 3 aliphatic rings. The highest BCUT2D eigenvalue weighted by atomic mass is 16.5. The quantitative estimate of drug-likeness (QED) is 0.601. The molecule has 1 unspecified atom stereocenters. The fourth-order valence-electron chi connectivity index (χ4n) is 5.45. The predicted molar refractivity (Wildman–Crippen MR) is 135 cm³/mol. The number of hydrogen-bond acceptors (Lipinski definition) is 6. The van der Waals surface area contributed by atoms with Gasteiger partial charge in [-0.1, -0.05) is 30.3 Å². The lowest BCUT2D eigenvalue weighted by atomic mass is 10.0. The van der Waals surface area contributed by atoms with Crippen molar-refractivity contribution in [2.45, 2.75) is 57.5 Å². The van der Waals surface area contributed by atoms with Gasteiger partial charge >= 0.3 is 0 Å². The Balaban J connectivity index is 1.18. The van der Waals surface area contributed by atoms with Crippen LogP contribution in [0.1, 0.15) is 52.7 Å². The Morgan fingerprint density at radius 2 is 1.69 bits per heavy atom. The van der Waals surface area contributed by atoms with Crippen LogP contribution in [0.15, 0.2) is 42.5 Å². The number of likely N-dealkylation sites (tertiary alicyclic amines) is 1. The molecule has 1 atom stereocenters. The van der Waals surface area contributed by atoms with Gasteiger partial charge in [-0.25, -0.2) is 0 Å². The fraction of sp³-hybridized carbons (Fsp3) is 0.464. The van der Waals surface area contributed by atoms with E-state index in [4.69, 9.17) is 4.74 Å². The first-order valence-corrected chi connectivity index (χ1v) is 12.7. The summed E-state index contributed by atoms with van der Waals surface area (Å²) in [6.45, 7) is 3.92. The van der Waals surface area contributed by atoms with Crippen LogP contribution in [-0.2, 0) is 29.3 Å². The standard InChI is InChI=1S/C28H34N4O4/c1-30(2)21-12-14-31(15-13-21)16-19-6-8-20(9-7-19)18-36-25-5-3-4-22-23(25)17-32(28(22)35)24-10-11-26(33)29-27(24)34/h3-9,21,24H,10-18H2,1-2H3,(H,29,33,34). The Morgan fingerprint density at radius 3 is 2.39 bits per heavy atom. The number of carbonyl (C=O) groups is 3. The van der Waals surface area contributed by atoms with Crippen LogP contribution in [0, 0.1) is 0 Å². The van der Waals surface area contributed by atoms with Crippen LogP contribution < -0.4 is 10.1 Å². The lowest BCUT2D eigenvalue weighted by Crippen LogP contribution is -2.52. The summed E-state index contributed by atoms with van der Waals surface area (Å²) in [5, 5.41) is 2.34. The number of amides is 3. The van der Waals surface area contributed by atoms with Gasteiger partial charge in [-0.05, 0) is 69.7 Å². The number of piperidine rings is 2. The van der Waals surface area contributed by atoms with Crippen molar-refractivity contribution in [1.82, 2.24) is 20.0 Å². The first-order valence-electron chi connectivity index (χ1n) is 12.7. The minimum atomic E-state index is -0.628. The fourth-order valence-corrected chi connectivity index (χ4v) is 5.45. The maximum atomic E-state index is 13.0. The second-order valence-corrected chi connectivity index (χ2v) is 10.3. The van der Waals surface area contributed by atoms with Crippen molar-refractivity contribution in [3.8, 4) is 5.75 Å². The zero-order valence-electron chi connectivity index (χ0n) is 21.0. The molecule has 190 valence electrons. The molecule has 3 amide bonds. The van der Waals surface area contributed by atoms with E-state index in [0.717, 1.165) is 30.8 Å². The molecule has 36 heavy (non-hydrogen) atoms. The topological polar surface area (TPSA) is 82.2 Å². The van der Waals surface area contributed by atoms with Gasteiger partial charge in [0, 0.05) is 30.1 Å². The number of imide groups is 1. The molecule has 0 aromatic heterocycles. The molecule has 2 fully saturated rings. The molecular formula is C28H34N4O4. The van der Waals surface area contributed by atoms with Gasteiger partial charge in [-0.3, -0.25) is 24.6 Å². The molecule has 2 aromatic carbocycles. The van der Waals surface area contributed by atoms with Crippen molar-refractivity contribution in [3.05, 3.63) is 64.7 Å². The Bertz CT molecular complexity index is 1140. The van der Waals surface area contributed by atoms with Crippen LogP contribution in [-0.4, -0.2) is 71.7 Å². The van der Waals surface area contributed by atoms with Gasteiger partial charge in [0.2, 0.25) is 11.8 Å². The van der Waals surface area contributed by atoms with Crippen LogP contribution in [0.5, 0.6) is 5.75 Å². The molecular weight excluding hydrogens is 456 g/mol. The summed E-state index contributed by atoms with van der Waals surface area (Å²) < 4.78 is 6.14. The third-order valence-corrected chi connectivity index (χ3v) is 7.65. The van der Waals surface area contributed by atoms with Gasteiger partial charge in [-0.2, -0.15) is 0 Å². The second kappa shape index (κ2) is 10.4. The van der Waals surface area contributed by atoms with E-state index in [-0.39, 0.29) is 18.2 Å². The minimum absolute atomic E-state index is 0.191. The van der Waals surface area contributed by atoms with Gasteiger partial charge in [0.15, 0.2) is 0 Å². The summed E-state index contributed by atoms with van der Waals surface area (Å²) in [6, 6.07) is 14.0. The molecule has 0 aliphatic carbocycles. The van der Waals surface area contributed by atoms with Gasteiger partial charge in [-0.15, -0.1) is 0 Å². The number of nitrogens with zero attached hydrogens (tertiary/aromatic N) is 3. The minimum Gasteiger partial charge on any atom is -0.489 e. The van der Waals surface area contributed by atoms with Crippen LogP contribution in [0.25, 0.3) is 0 Å². The number of ether oxygens (including phenoxy) is 1. The maximum absolute atomic E-state index is 13.0. The molecule has 2 saturated heterocycles. The first kappa shape index (κ1) is 24.5. The van der Waals surface area contributed by atoms with Crippen molar-refractivity contribution in [3.63, 3.8) is 0 Å². The molecule has 3 heterocycles. The molecule has 0 spiro atoms. The van der Waals surface area contributed by atoms with Crippen molar-refractivity contribution in [2.24, 2.45) is 0 Å². The molecule has 8 nitrogen and oxygen atoms in total. The van der Waals surface area contributed by atoms with E-state index in [1.54, 1.807) is 11.0 Å². The highest BCUT2D eigenvalue weighted by molar-refractivity contribution is 6.05. The summed E-state index contributed by atoms with van der Waals surface area (Å²) in [7, 11) is 4.33. The molecule has 0 radical (unpaired) electrons. The van der Waals surface area contributed by atoms with E-state index in [1.807, 2.05) is 12.1 Å². The zero-order valence-corrected chi connectivity index (χ0v) is 21.0. The summed E-state index contributed by atoms with van der Waals surface area (Å²) in [5.41, 5.74) is 3.72. The Kier molecular flexibility index (Phi) is 7.07. The summed E-state index contributed by atoms with van der Waals surface area (Å²) >= 11 is 0. The molecule has 8 heteroatoms. The highest BCUT2D eigenvalue weighted by Crippen LogP contribution is 2.34. The summed E-state index contributed by atoms with van der Waals surface area (Å²) in [5.74, 6) is -0.228. The molecule has 5 rings (SSSR count). The van der Waals surface area contributed by atoms with E-state index in [1.165, 1.54) is 18.4 Å². The Morgan fingerprint density at radius 1 is 0.972 bits per heavy atom. The predicted octanol–water partition coefficient (Wildman–Crippen LogP) is 2.55. The summed E-state index contributed by atoms with van der Waals surface area (Å²) in [6.07, 6.45) is 3.01. The van der Waals surface area contributed by atoms with Crippen molar-refractivity contribution < 1.29 is 19.1 Å². The van der Waals surface area contributed by atoms with E-state index >= 15 is 0 Å². The number of benzene rings is 2. The maximum Gasteiger partial charge on any atom is 0.255 e. The van der Waals surface area contributed by atoms with Crippen LogP contribution in [0.3, 0.4) is 0 Å². The molecule has 3 aliphatic heterocycles. The first-order chi connectivity index (χ1) is 17.4. The van der Waals surface area contributed by atoms with Crippen molar-refractivity contribution in [1.29, 1.82) is 0 Å². The SMILES string of the molecule is CN(C)C1CCN(Cc2ccc(COc3cccc4c3CN(C3CCC(=O)NC3=O)C4=O)cc2)CC1. The van der Waals surface area contributed by atoms with Crippen molar-refractivity contribution >= 4 is 17.7 Å². The zero-order chi connectivity index (χ0) is 25.2. The van der Waals surface area contributed by atoms with E-state index < -0.39 is 11.9 Å². The van der Waals surface area contributed by atoms with E-state index in [9.17, 15) is 14.4 Å². The Labute approximate surface area is 212 Å². The lowest BCUT2D eigenvalue weighted by molar-refractivity contribution is -0.136. The van der Waals surface area contributed by atoms with E-state index in [0.29, 0.717) is 36.9 Å². The van der Waals surface area contributed by atoms with Crippen LogP contribution in [0.2, 0.25) is 0 Å². The third kappa shape index (κ3) is 5.15. The molecule has 1 N–H and O–H groups in total. The highest BCUT2D eigenvalue weighted by Gasteiger charge is 2.40. The van der Waals surface area contributed by atoms with Gasteiger partial charge in [0.1, 0.15) is 18.4 Å². The normalized spacial score (nSPS) is 21.1. The van der Waals surface area contributed by atoms with Gasteiger partial charge in [0.05, 0.1) is 6.54 Å². The summed E-state index contributed by atoms with van der Waals surface area (Å²) in [4.78, 5) is 43.2. The molecule has 2 aromatic rings. The molecule has 0 bridgehead atoms. The van der Waals surface area contributed by atoms with Crippen molar-refractivity contribution in [2.75, 3.05) is 27.2 Å². The average Bonchev–Trinajstić information content (AvgIpc) is 3.21. The molecule has 0 saturated carbocycles. The number of carbonyl (C=O) groups excluding carboxylic acids is 3. The third-order valence-electron chi connectivity index (χ3n) is 7.65. The van der Waals surface area contributed by atoms with Gasteiger partial charge in [0.25, 0.3) is 5.91 Å². The van der Waals surface area contributed by atoms with E-state index in [2.05, 4.69) is 53.5 Å². The lowest BCUT2D eigenvalue weighted by Gasteiger charge is -2.35. The second-order valence-electron chi connectivity index (χ2n) is 10.3. The number of hydrogen-bond donors (Lipinski definition) is 1. The Hall–Kier alpha value is -3.23. The monoisotopic (exact) mass is 490 g/mol. The van der Waals surface area contributed by atoms with Crippen LogP contribution >= 0.6 is 0 Å². The largest absolute Gasteiger partial charge is 0.489 e. The smallest absolute Gasteiger partial charge is 0.255 e. The average molecular weight is 491 g/mol. The number of rotatable bonds is 7.